The van der Waals surface area contributed by atoms with Crippen molar-refractivity contribution in [1.29, 1.82) is 0 Å². The maximum absolute atomic E-state index is 3.60. The molecule has 15 heavy (non-hydrogen) atoms. The van der Waals surface area contributed by atoms with Crippen LogP contribution < -0.4 is 5.32 Å². The van der Waals surface area contributed by atoms with Crippen LogP contribution in [-0.4, -0.2) is 36.6 Å². The van der Waals surface area contributed by atoms with E-state index in [1.807, 2.05) is 0 Å². The highest BCUT2D eigenvalue weighted by Crippen LogP contribution is 2.21. The van der Waals surface area contributed by atoms with E-state index in [0.717, 1.165) is 18.0 Å². The highest BCUT2D eigenvalue weighted by Gasteiger charge is 2.23. The second-order valence-corrected chi connectivity index (χ2v) is 5.61. The van der Waals surface area contributed by atoms with Crippen molar-refractivity contribution < 1.29 is 0 Å². The minimum Gasteiger partial charge on any atom is -0.314 e. The van der Waals surface area contributed by atoms with Crippen molar-refractivity contribution in [3.63, 3.8) is 0 Å². The predicted molar refractivity (Wildman–Crippen MR) is 65.1 cm³/mol. The summed E-state index contributed by atoms with van der Waals surface area (Å²) in [6.07, 6.45) is 6.98. The van der Waals surface area contributed by atoms with Gasteiger partial charge in [0.05, 0.1) is 0 Å². The highest BCUT2D eigenvalue weighted by atomic mass is 15.2. The van der Waals surface area contributed by atoms with Crippen molar-refractivity contribution in [3.05, 3.63) is 0 Å². The number of hydrogen-bond acceptors (Lipinski definition) is 2. The topological polar surface area (TPSA) is 15.3 Å². The minimum absolute atomic E-state index is 0.821. The summed E-state index contributed by atoms with van der Waals surface area (Å²) in [5, 5.41) is 3.60. The van der Waals surface area contributed by atoms with Gasteiger partial charge in [-0.2, -0.15) is 0 Å². The average Bonchev–Trinajstić information content (AvgIpc) is 3.01. The summed E-state index contributed by atoms with van der Waals surface area (Å²) < 4.78 is 0. The average molecular weight is 210 g/mol. The first-order chi connectivity index (χ1) is 7.25. The molecule has 0 aromatic carbocycles. The molecule has 0 aromatic heterocycles. The lowest BCUT2D eigenvalue weighted by Crippen LogP contribution is -2.42. The molecule has 2 aliphatic rings. The molecular formula is C13H26N2. The van der Waals surface area contributed by atoms with E-state index in [4.69, 9.17) is 0 Å². The van der Waals surface area contributed by atoms with E-state index in [1.165, 1.54) is 51.7 Å². The standard InChI is InChI=1S/C13H26N2/c1-11-4-5-12(2)15(10-11)9-3-8-14-13-6-7-13/h11-14H,3-10H2,1-2H3. The molecule has 2 nitrogen and oxygen atoms in total. The maximum Gasteiger partial charge on any atom is 0.00682 e. The summed E-state index contributed by atoms with van der Waals surface area (Å²) in [6, 6.07) is 1.70. The fraction of sp³-hybridized carbons (Fsp3) is 1.00. The third-order valence-corrected chi connectivity index (χ3v) is 3.88. The first-order valence-electron chi connectivity index (χ1n) is 6.73. The largest absolute Gasteiger partial charge is 0.314 e. The van der Waals surface area contributed by atoms with Crippen LogP contribution in [0.25, 0.3) is 0 Å². The van der Waals surface area contributed by atoms with Gasteiger partial charge in [0, 0.05) is 18.6 Å². The van der Waals surface area contributed by atoms with Gasteiger partial charge in [-0.15, -0.1) is 0 Å². The molecule has 88 valence electrons. The van der Waals surface area contributed by atoms with Gasteiger partial charge in [-0.25, -0.2) is 0 Å². The van der Waals surface area contributed by atoms with Gasteiger partial charge in [0.1, 0.15) is 0 Å². The molecule has 2 fully saturated rings. The Bertz CT molecular complexity index is 189. The first-order valence-corrected chi connectivity index (χ1v) is 6.73. The summed E-state index contributed by atoms with van der Waals surface area (Å²) in [5.41, 5.74) is 0. The van der Waals surface area contributed by atoms with Crippen molar-refractivity contribution in [3.8, 4) is 0 Å². The molecule has 1 heterocycles. The normalized spacial score (nSPS) is 33.2. The Morgan fingerprint density at radius 2 is 1.93 bits per heavy atom. The number of nitrogens with zero attached hydrogens (tertiary/aromatic N) is 1. The zero-order valence-electron chi connectivity index (χ0n) is 10.3. The Balaban J connectivity index is 1.58. The molecule has 0 bridgehead atoms. The first kappa shape index (κ1) is 11.4. The van der Waals surface area contributed by atoms with E-state index in [9.17, 15) is 0 Å². The number of rotatable bonds is 5. The van der Waals surface area contributed by atoms with Gasteiger partial charge < -0.3 is 10.2 Å². The highest BCUT2D eigenvalue weighted by molar-refractivity contribution is 4.81. The van der Waals surface area contributed by atoms with Gasteiger partial charge >= 0.3 is 0 Å². The smallest absolute Gasteiger partial charge is 0.00682 e. The molecule has 1 saturated heterocycles. The zero-order valence-corrected chi connectivity index (χ0v) is 10.3. The Morgan fingerprint density at radius 3 is 2.67 bits per heavy atom. The molecule has 1 N–H and O–H groups in total. The van der Waals surface area contributed by atoms with Crippen LogP contribution in [0.5, 0.6) is 0 Å². The second kappa shape index (κ2) is 5.31. The van der Waals surface area contributed by atoms with Crippen LogP contribution >= 0.6 is 0 Å². The molecule has 2 rings (SSSR count). The fourth-order valence-corrected chi connectivity index (χ4v) is 2.57. The lowest BCUT2D eigenvalue weighted by Gasteiger charge is -2.36. The van der Waals surface area contributed by atoms with Crippen LogP contribution in [0, 0.1) is 5.92 Å². The van der Waals surface area contributed by atoms with Crippen LogP contribution in [0.4, 0.5) is 0 Å². The third-order valence-electron chi connectivity index (χ3n) is 3.88. The summed E-state index contributed by atoms with van der Waals surface area (Å²) >= 11 is 0. The zero-order chi connectivity index (χ0) is 10.7. The van der Waals surface area contributed by atoms with E-state index in [1.54, 1.807) is 0 Å². The molecule has 1 aliphatic carbocycles. The van der Waals surface area contributed by atoms with Crippen LogP contribution in [0.1, 0.15) is 46.0 Å². The van der Waals surface area contributed by atoms with Gasteiger partial charge in [0.25, 0.3) is 0 Å². The lowest BCUT2D eigenvalue weighted by molar-refractivity contribution is 0.123. The number of hydrogen-bond donors (Lipinski definition) is 1. The summed E-state index contributed by atoms with van der Waals surface area (Å²) in [5.74, 6) is 0.914. The summed E-state index contributed by atoms with van der Waals surface area (Å²) in [7, 11) is 0. The minimum atomic E-state index is 0.821. The van der Waals surface area contributed by atoms with E-state index in [2.05, 4.69) is 24.1 Å². The predicted octanol–water partition coefficient (Wildman–Crippen LogP) is 2.25. The van der Waals surface area contributed by atoms with Crippen molar-refractivity contribution in [1.82, 2.24) is 10.2 Å². The molecule has 2 heteroatoms. The number of likely N-dealkylation sites (tertiary alicyclic amines) is 1. The lowest BCUT2D eigenvalue weighted by atomic mass is 9.95. The van der Waals surface area contributed by atoms with Gasteiger partial charge in [-0.3, -0.25) is 0 Å². The van der Waals surface area contributed by atoms with Crippen molar-refractivity contribution >= 4 is 0 Å². The van der Waals surface area contributed by atoms with Crippen LogP contribution in [0.3, 0.4) is 0 Å². The van der Waals surface area contributed by atoms with Crippen LogP contribution in [0.2, 0.25) is 0 Å². The van der Waals surface area contributed by atoms with E-state index in [-0.39, 0.29) is 0 Å². The summed E-state index contributed by atoms with van der Waals surface area (Å²) in [4.78, 5) is 2.68. The van der Waals surface area contributed by atoms with Gasteiger partial charge in [0.15, 0.2) is 0 Å². The molecule has 1 aliphatic heterocycles. The number of piperidine rings is 1. The SMILES string of the molecule is CC1CCC(C)N(CCCNC2CC2)C1. The molecule has 0 amide bonds. The van der Waals surface area contributed by atoms with Crippen LogP contribution in [-0.2, 0) is 0 Å². The van der Waals surface area contributed by atoms with Crippen molar-refractivity contribution in [2.75, 3.05) is 19.6 Å². The Kier molecular flexibility index (Phi) is 4.04. The van der Waals surface area contributed by atoms with Crippen LogP contribution in [0.15, 0.2) is 0 Å². The maximum atomic E-state index is 3.60. The summed E-state index contributed by atoms with van der Waals surface area (Å²) in [6.45, 7) is 8.62. The molecule has 0 radical (unpaired) electrons. The van der Waals surface area contributed by atoms with Crippen molar-refractivity contribution in [2.45, 2.75) is 58.0 Å². The van der Waals surface area contributed by atoms with E-state index >= 15 is 0 Å². The van der Waals surface area contributed by atoms with Gasteiger partial charge in [0.2, 0.25) is 0 Å². The van der Waals surface area contributed by atoms with Gasteiger partial charge in [-0.05, 0) is 58.0 Å². The number of nitrogens with one attached hydrogen (secondary N) is 1. The van der Waals surface area contributed by atoms with E-state index < -0.39 is 0 Å². The van der Waals surface area contributed by atoms with Gasteiger partial charge in [-0.1, -0.05) is 6.92 Å². The van der Waals surface area contributed by atoms with Crippen molar-refractivity contribution in [2.24, 2.45) is 5.92 Å². The molecule has 0 spiro atoms. The van der Waals surface area contributed by atoms with E-state index in [0.29, 0.717) is 0 Å². The molecule has 1 saturated carbocycles. The molecule has 0 aromatic rings. The quantitative estimate of drug-likeness (QED) is 0.700. The molecule has 2 atom stereocenters. The monoisotopic (exact) mass is 210 g/mol. The Morgan fingerprint density at radius 1 is 1.13 bits per heavy atom. The Labute approximate surface area is 94.4 Å². The Hall–Kier alpha value is -0.0800. The molecule has 2 unspecified atom stereocenters. The fourth-order valence-electron chi connectivity index (χ4n) is 2.57. The molecular weight excluding hydrogens is 184 g/mol. The third kappa shape index (κ3) is 3.76. The second-order valence-electron chi connectivity index (χ2n) is 5.61.